The van der Waals surface area contributed by atoms with Crippen LogP contribution in [0.15, 0.2) is 33.5 Å². The van der Waals surface area contributed by atoms with Crippen molar-refractivity contribution in [2.75, 3.05) is 6.54 Å². The summed E-state index contributed by atoms with van der Waals surface area (Å²) in [7, 11) is -3.63. The van der Waals surface area contributed by atoms with Crippen molar-refractivity contribution in [2.45, 2.75) is 31.1 Å². The van der Waals surface area contributed by atoms with Crippen molar-refractivity contribution in [2.24, 2.45) is 10.1 Å². The van der Waals surface area contributed by atoms with E-state index in [1.807, 2.05) is 6.92 Å². The summed E-state index contributed by atoms with van der Waals surface area (Å²) >= 11 is 2.89. The van der Waals surface area contributed by atoms with E-state index in [9.17, 15) is 8.42 Å². The van der Waals surface area contributed by atoms with Crippen LogP contribution in [0.25, 0.3) is 0 Å². The largest absolute Gasteiger partial charge is 0.357 e. The maximum Gasteiger partial charge on any atom is 0.247 e. The fourth-order valence-corrected chi connectivity index (χ4v) is 4.38. The molecule has 0 aliphatic rings. The topological polar surface area (TPSA) is 96.6 Å². The lowest BCUT2D eigenvalue weighted by Gasteiger charge is -2.10. The number of primary sulfonamides is 1. The zero-order chi connectivity index (χ0) is 16.9. The SMILES string of the molecule is CCNC(=NCc1ccc(C)s1)NCc1ccc(S(N)(=O)=O)s1.I. The van der Waals surface area contributed by atoms with E-state index < -0.39 is 10.0 Å². The van der Waals surface area contributed by atoms with Gasteiger partial charge in [-0.05, 0) is 38.1 Å². The second-order valence-electron chi connectivity index (χ2n) is 4.83. The molecule has 10 heteroatoms. The highest BCUT2D eigenvalue weighted by Crippen LogP contribution is 2.20. The Morgan fingerprint density at radius 1 is 1.17 bits per heavy atom. The molecule has 0 unspecified atom stereocenters. The standard InChI is InChI=1S/C14H20N4O2S3.HI/c1-3-16-14(17-8-11-5-4-10(2)21-11)18-9-12-6-7-13(22-12)23(15,19)20;/h4-7H,3,8-9H2,1-2H3,(H2,15,19,20)(H2,16,17,18);1H. The quantitative estimate of drug-likeness (QED) is 0.323. The Bertz CT molecular complexity index is 784. The van der Waals surface area contributed by atoms with E-state index in [0.29, 0.717) is 19.0 Å². The van der Waals surface area contributed by atoms with E-state index in [1.165, 1.54) is 15.8 Å². The Hall–Kier alpha value is -0.690. The highest BCUT2D eigenvalue weighted by atomic mass is 127. The van der Waals surface area contributed by atoms with Crippen molar-refractivity contribution in [3.05, 3.63) is 38.9 Å². The van der Waals surface area contributed by atoms with Crippen LogP contribution < -0.4 is 15.8 Å². The number of sulfonamides is 1. The summed E-state index contributed by atoms with van der Waals surface area (Å²) in [6.45, 7) is 5.93. The van der Waals surface area contributed by atoms with Crippen LogP contribution in [-0.2, 0) is 23.1 Å². The molecule has 0 aliphatic heterocycles. The van der Waals surface area contributed by atoms with Crippen LogP contribution in [0, 0.1) is 6.92 Å². The molecule has 0 aromatic carbocycles. The lowest BCUT2D eigenvalue weighted by molar-refractivity contribution is 0.600. The molecule has 0 saturated heterocycles. The second kappa shape index (κ2) is 9.70. The van der Waals surface area contributed by atoms with Crippen LogP contribution in [0.2, 0.25) is 0 Å². The fraction of sp³-hybridized carbons (Fsp3) is 0.357. The van der Waals surface area contributed by atoms with Gasteiger partial charge in [0.2, 0.25) is 10.0 Å². The molecule has 4 N–H and O–H groups in total. The third-order valence-electron chi connectivity index (χ3n) is 2.88. The average molecular weight is 500 g/mol. The summed E-state index contributed by atoms with van der Waals surface area (Å²) < 4.78 is 22.7. The van der Waals surface area contributed by atoms with Crippen LogP contribution >= 0.6 is 46.7 Å². The first-order valence-electron chi connectivity index (χ1n) is 7.07. The number of nitrogens with zero attached hydrogens (tertiary/aromatic N) is 1. The molecule has 2 rings (SSSR count). The molecule has 0 aliphatic carbocycles. The number of hydrogen-bond donors (Lipinski definition) is 3. The van der Waals surface area contributed by atoms with Gasteiger partial charge in [-0.2, -0.15) is 0 Å². The zero-order valence-corrected chi connectivity index (χ0v) is 18.2. The van der Waals surface area contributed by atoms with Crippen LogP contribution in [-0.4, -0.2) is 20.9 Å². The molecule has 134 valence electrons. The predicted molar refractivity (Wildman–Crippen MR) is 112 cm³/mol. The van der Waals surface area contributed by atoms with Crippen molar-refractivity contribution in [1.29, 1.82) is 0 Å². The molecule has 0 saturated carbocycles. The van der Waals surface area contributed by atoms with E-state index in [-0.39, 0.29) is 28.2 Å². The van der Waals surface area contributed by atoms with Gasteiger partial charge in [-0.3, -0.25) is 0 Å². The van der Waals surface area contributed by atoms with Gasteiger partial charge in [-0.25, -0.2) is 18.5 Å². The molecular weight excluding hydrogens is 479 g/mol. The third kappa shape index (κ3) is 6.67. The van der Waals surface area contributed by atoms with Gasteiger partial charge in [0.05, 0.1) is 13.1 Å². The predicted octanol–water partition coefficient (Wildman–Crippen LogP) is 2.64. The van der Waals surface area contributed by atoms with Crippen molar-refractivity contribution in [3.8, 4) is 0 Å². The first kappa shape index (κ1) is 21.4. The molecular formula is C14H21IN4O2S3. The second-order valence-corrected chi connectivity index (χ2v) is 9.16. The molecule has 2 aromatic rings. The molecule has 0 atom stereocenters. The summed E-state index contributed by atoms with van der Waals surface area (Å²) in [5, 5.41) is 11.5. The highest BCUT2D eigenvalue weighted by molar-refractivity contribution is 14.0. The van der Waals surface area contributed by atoms with E-state index in [2.05, 4.69) is 34.7 Å². The number of aliphatic imine (C=N–C) groups is 1. The molecule has 0 amide bonds. The fourth-order valence-electron chi connectivity index (χ4n) is 1.85. The number of hydrogen-bond acceptors (Lipinski definition) is 5. The maximum atomic E-state index is 11.3. The Kier molecular flexibility index (Phi) is 8.63. The summed E-state index contributed by atoms with van der Waals surface area (Å²) in [5.41, 5.74) is 0. The van der Waals surface area contributed by atoms with Crippen molar-refractivity contribution in [3.63, 3.8) is 0 Å². The van der Waals surface area contributed by atoms with Crippen molar-refractivity contribution < 1.29 is 8.42 Å². The molecule has 0 fully saturated rings. The summed E-state index contributed by atoms with van der Waals surface area (Å²) in [6, 6.07) is 7.43. The summed E-state index contributed by atoms with van der Waals surface area (Å²) in [6.07, 6.45) is 0. The molecule has 2 aromatic heterocycles. The Labute approximate surface area is 167 Å². The number of nitrogens with one attached hydrogen (secondary N) is 2. The van der Waals surface area contributed by atoms with Gasteiger partial charge in [0.25, 0.3) is 0 Å². The Balaban J connectivity index is 0.00000288. The van der Waals surface area contributed by atoms with E-state index in [4.69, 9.17) is 5.14 Å². The van der Waals surface area contributed by atoms with E-state index >= 15 is 0 Å². The minimum atomic E-state index is -3.63. The minimum Gasteiger partial charge on any atom is -0.357 e. The number of guanidine groups is 1. The Morgan fingerprint density at radius 3 is 2.42 bits per heavy atom. The number of nitrogens with two attached hydrogens (primary N) is 1. The lowest BCUT2D eigenvalue weighted by atomic mass is 10.4. The van der Waals surface area contributed by atoms with Gasteiger partial charge in [0, 0.05) is 21.2 Å². The monoisotopic (exact) mass is 500 g/mol. The zero-order valence-electron chi connectivity index (χ0n) is 13.4. The average Bonchev–Trinajstić information content (AvgIpc) is 3.10. The molecule has 6 nitrogen and oxygen atoms in total. The molecule has 24 heavy (non-hydrogen) atoms. The minimum absolute atomic E-state index is 0. The third-order valence-corrected chi connectivity index (χ3v) is 6.39. The number of aryl methyl sites for hydroxylation is 1. The maximum absolute atomic E-state index is 11.3. The van der Waals surface area contributed by atoms with E-state index in [1.54, 1.807) is 17.4 Å². The molecule has 0 bridgehead atoms. The van der Waals surface area contributed by atoms with Gasteiger partial charge in [-0.15, -0.1) is 46.7 Å². The first-order chi connectivity index (χ1) is 10.9. The van der Waals surface area contributed by atoms with Gasteiger partial charge < -0.3 is 10.6 Å². The van der Waals surface area contributed by atoms with Crippen LogP contribution in [0.4, 0.5) is 0 Å². The normalized spacial score (nSPS) is 11.9. The van der Waals surface area contributed by atoms with Gasteiger partial charge in [0.1, 0.15) is 4.21 Å². The van der Waals surface area contributed by atoms with Crippen molar-refractivity contribution in [1.82, 2.24) is 10.6 Å². The first-order valence-corrected chi connectivity index (χ1v) is 10.3. The Morgan fingerprint density at radius 2 is 1.88 bits per heavy atom. The van der Waals surface area contributed by atoms with Crippen LogP contribution in [0.5, 0.6) is 0 Å². The molecule has 0 spiro atoms. The number of thiophene rings is 2. The summed E-state index contributed by atoms with van der Waals surface area (Å²) in [4.78, 5) is 7.88. The van der Waals surface area contributed by atoms with E-state index in [0.717, 1.165) is 22.8 Å². The van der Waals surface area contributed by atoms with Gasteiger partial charge in [0.15, 0.2) is 5.96 Å². The van der Waals surface area contributed by atoms with Crippen molar-refractivity contribution >= 4 is 62.6 Å². The lowest BCUT2D eigenvalue weighted by Crippen LogP contribution is -2.36. The number of halogens is 1. The van der Waals surface area contributed by atoms with Crippen LogP contribution in [0.1, 0.15) is 21.6 Å². The molecule has 0 radical (unpaired) electrons. The molecule has 2 heterocycles. The van der Waals surface area contributed by atoms with Gasteiger partial charge in [-0.1, -0.05) is 0 Å². The number of rotatable bonds is 6. The smallest absolute Gasteiger partial charge is 0.247 e. The van der Waals surface area contributed by atoms with Crippen LogP contribution in [0.3, 0.4) is 0 Å². The van der Waals surface area contributed by atoms with Gasteiger partial charge >= 0.3 is 0 Å². The summed E-state index contributed by atoms with van der Waals surface area (Å²) in [5.74, 6) is 0.698. The highest BCUT2D eigenvalue weighted by Gasteiger charge is 2.11.